The maximum atomic E-state index is 11.6. The highest BCUT2D eigenvalue weighted by atomic mass is 16.5. The van der Waals surface area contributed by atoms with Crippen LogP contribution in [0.5, 0.6) is 5.75 Å². The molecule has 1 atom stereocenters. The lowest BCUT2D eigenvalue weighted by atomic mass is 10.0. The summed E-state index contributed by atoms with van der Waals surface area (Å²) < 4.78 is 5.87. The van der Waals surface area contributed by atoms with Crippen molar-refractivity contribution in [2.24, 2.45) is 0 Å². The van der Waals surface area contributed by atoms with E-state index in [0.717, 1.165) is 17.7 Å². The molecule has 5 N–H and O–H groups in total. The number of aliphatic carboxylic acids is 5. The number of benzene rings is 1. The highest BCUT2D eigenvalue weighted by Gasteiger charge is 2.28. The summed E-state index contributed by atoms with van der Waals surface area (Å²) in [4.78, 5) is 60.8. The Balaban J connectivity index is 3.30. The van der Waals surface area contributed by atoms with E-state index in [-0.39, 0.29) is 26.1 Å². The van der Waals surface area contributed by atoms with Crippen LogP contribution in [0.1, 0.15) is 25.3 Å². The van der Waals surface area contributed by atoms with Gasteiger partial charge in [-0.15, -0.1) is 0 Å². The molecule has 0 aliphatic heterocycles. The molecule has 1 unspecified atom stereocenters. The second-order valence-corrected chi connectivity index (χ2v) is 8.99. The first-order valence-corrected chi connectivity index (χ1v) is 12.4. The van der Waals surface area contributed by atoms with Gasteiger partial charge in [0.25, 0.3) is 0 Å². The Morgan fingerprint density at radius 2 is 1.23 bits per heavy atom. The van der Waals surface area contributed by atoms with Gasteiger partial charge in [0.05, 0.1) is 39.3 Å². The Morgan fingerprint density at radius 3 is 1.74 bits per heavy atom. The summed E-state index contributed by atoms with van der Waals surface area (Å²) in [5.41, 5.74) is 0.674. The maximum Gasteiger partial charge on any atom is 0.317 e. The maximum absolute atomic E-state index is 11.6. The summed E-state index contributed by atoms with van der Waals surface area (Å²) >= 11 is 0. The molecular formula is C25H37N3O11. The number of ether oxygens (including phenoxy) is 1. The average Bonchev–Trinajstić information content (AvgIpc) is 2.81. The summed E-state index contributed by atoms with van der Waals surface area (Å²) in [6, 6.07) is 6.23. The molecular weight excluding hydrogens is 518 g/mol. The lowest BCUT2D eigenvalue weighted by Gasteiger charge is -2.34. The largest absolute Gasteiger partial charge is 0.493 e. The highest BCUT2D eigenvalue weighted by Crippen LogP contribution is 2.22. The predicted molar refractivity (Wildman–Crippen MR) is 137 cm³/mol. The smallest absolute Gasteiger partial charge is 0.317 e. The number of para-hydroxylation sites is 1. The van der Waals surface area contributed by atoms with Gasteiger partial charge in [-0.1, -0.05) is 31.5 Å². The van der Waals surface area contributed by atoms with Gasteiger partial charge < -0.3 is 30.3 Å². The van der Waals surface area contributed by atoms with E-state index in [1.54, 1.807) is 24.3 Å². The molecule has 0 aliphatic rings. The number of carboxylic acids is 5. The van der Waals surface area contributed by atoms with Gasteiger partial charge in [-0.05, 0) is 24.5 Å². The van der Waals surface area contributed by atoms with Crippen LogP contribution in [-0.4, -0.2) is 135 Å². The summed E-state index contributed by atoms with van der Waals surface area (Å²) in [5, 5.41) is 46.5. The van der Waals surface area contributed by atoms with Crippen molar-refractivity contribution >= 4 is 29.8 Å². The van der Waals surface area contributed by atoms with Gasteiger partial charge in [0, 0.05) is 25.7 Å². The fourth-order valence-electron chi connectivity index (χ4n) is 3.97. The molecule has 218 valence electrons. The van der Waals surface area contributed by atoms with E-state index >= 15 is 0 Å². The number of rotatable bonds is 22. The quantitative estimate of drug-likeness (QED) is 0.120. The Morgan fingerprint density at radius 1 is 0.744 bits per heavy atom. The molecule has 1 rings (SSSR count). The van der Waals surface area contributed by atoms with E-state index in [0.29, 0.717) is 17.9 Å². The number of hydrogen-bond donors (Lipinski definition) is 5. The molecule has 1 aromatic rings. The standard InChI is InChI=1S/C25H37N3O11/c1-2-3-10-39-20-7-5-4-6-18(20)11-19(28(16-24(35)36)17-25(37)38)12-26(13-21(29)30)8-9-27(14-22(31)32)15-23(33)34/h4-7,19H,2-3,8-17H2,1H3,(H,29,30)(H,31,32)(H,33,34)(H,35,36)(H,37,38). The molecule has 14 nitrogen and oxygen atoms in total. The predicted octanol–water partition coefficient (Wildman–Crippen LogP) is 0.106. The van der Waals surface area contributed by atoms with Crippen molar-refractivity contribution in [3.63, 3.8) is 0 Å². The van der Waals surface area contributed by atoms with E-state index in [9.17, 15) is 39.3 Å². The van der Waals surface area contributed by atoms with Gasteiger partial charge in [0.15, 0.2) is 0 Å². The molecule has 0 aromatic heterocycles. The van der Waals surface area contributed by atoms with Crippen molar-refractivity contribution in [1.29, 1.82) is 0 Å². The van der Waals surface area contributed by atoms with Crippen molar-refractivity contribution in [2.45, 2.75) is 32.2 Å². The summed E-state index contributed by atoms with van der Waals surface area (Å²) in [6.07, 6.45) is 1.84. The summed E-state index contributed by atoms with van der Waals surface area (Å²) in [5.74, 6) is -5.73. The van der Waals surface area contributed by atoms with E-state index in [1.807, 2.05) is 6.92 Å². The van der Waals surface area contributed by atoms with Crippen LogP contribution in [0.15, 0.2) is 24.3 Å². The molecule has 0 heterocycles. The molecule has 0 amide bonds. The van der Waals surface area contributed by atoms with Crippen LogP contribution in [0.3, 0.4) is 0 Å². The fraction of sp³-hybridized carbons (Fsp3) is 0.560. The fourth-order valence-corrected chi connectivity index (χ4v) is 3.97. The van der Waals surface area contributed by atoms with Gasteiger partial charge in [-0.3, -0.25) is 38.7 Å². The van der Waals surface area contributed by atoms with Crippen LogP contribution in [0.25, 0.3) is 0 Å². The van der Waals surface area contributed by atoms with Crippen molar-refractivity contribution in [3.05, 3.63) is 29.8 Å². The van der Waals surface area contributed by atoms with Crippen LogP contribution < -0.4 is 4.74 Å². The molecule has 14 heteroatoms. The van der Waals surface area contributed by atoms with Crippen molar-refractivity contribution < 1.29 is 54.2 Å². The lowest BCUT2D eigenvalue weighted by Crippen LogP contribution is -2.51. The van der Waals surface area contributed by atoms with E-state index in [1.165, 1.54) is 9.80 Å². The van der Waals surface area contributed by atoms with Crippen LogP contribution >= 0.6 is 0 Å². The van der Waals surface area contributed by atoms with Gasteiger partial charge in [-0.25, -0.2) is 0 Å². The minimum Gasteiger partial charge on any atom is -0.493 e. The zero-order valence-corrected chi connectivity index (χ0v) is 21.9. The Bertz CT molecular complexity index is 940. The Labute approximate surface area is 226 Å². The molecule has 39 heavy (non-hydrogen) atoms. The monoisotopic (exact) mass is 555 g/mol. The lowest BCUT2D eigenvalue weighted by molar-refractivity contribution is -0.144. The number of nitrogens with zero attached hydrogens (tertiary/aromatic N) is 3. The van der Waals surface area contributed by atoms with Gasteiger partial charge in [0.2, 0.25) is 0 Å². The molecule has 0 saturated carbocycles. The molecule has 1 aromatic carbocycles. The van der Waals surface area contributed by atoms with Crippen molar-refractivity contribution in [2.75, 3.05) is 59.0 Å². The first-order chi connectivity index (χ1) is 18.4. The molecule has 0 bridgehead atoms. The van der Waals surface area contributed by atoms with Gasteiger partial charge in [-0.2, -0.15) is 0 Å². The van der Waals surface area contributed by atoms with E-state index in [2.05, 4.69) is 0 Å². The highest BCUT2D eigenvalue weighted by molar-refractivity contribution is 5.73. The van der Waals surface area contributed by atoms with Crippen molar-refractivity contribution in [1.82, 2.24) is 14.7 Å². The zero-order valence-electron chi connectivity index (χ0n) is 21.9. The zero-order chi connectivity index (χ0) is 29.4. The third kappa shape index (κ3) is 14.7. The second kappa shape index (κ2) is 17.7. The van der Waals surface area contributed by atoms with Crippen molar-refractivity contribution in [3.8, 4) is 5.75 Å². The molecule has 0 spiro atoms. The van der Waals surface area contributed by atoms with Crippen LogP contribution in [0.4, 0.5) is 0 Å². The normalized spacial score (nSPS) is 12.0. The topological polar surface area (TPSA) is 205 Å². The third-order valence-corrected chi connectivity index (χ3v) is 5.65. The summed E-state index contributed by atoms with van der Waals surface area (Å²) in [6.45, 7) is -0.739. The Kier molecular flexibility index (Phi) is 15.1. The molecule has 0 saturated heterocycles. The van der Waals surface area contributed by atoms with Crippen LogP contribution in [0, 0.1) is 0 Å². The minimum absolute atomic E-state index is 0.0635. The first kappa shape index (κ1) is 33.3. The number of carbonyl (C=O) groups is 5. The minimum atomic E-state index is -1.27. The van der Waals surface area contributed by atoms with E-state index in [4.69, 9.17) is 14.9 Å². The Hall–Kier alpha value is -3.75. The second-order valence-electron chi connectivity index (χ2n) is 8.99. The van der Waals surface area contributed by atoms with E-state index < -0.39 is 68.6 Å². The SMILES string of the molecule is CCCCOc1ccccc1CC(CN(CCN(CC(=O)O)CC(=O)O)CC(=O)O)N(CC(=O)O)CC(=O)O. The van der Waals surface area contributed by atoms with Gasteiger partial charge >= 0.3 is 29.8 Å². The van der Waals surface area contributed by atoms with Crippen LogP contribution in [0.2, 0.25) is 0 Å². The molecule has 0 radical (unpaired) electrons. The number of unbranched alkanes of at least 4 members (excludes halogenated alkanes) is 1. The molecule has 0 fully saturated rings. The van der Waals surface area contributed by atoms with Gasteiger partial charge in [0.1, 0.15) is 5.75 Å². The van der Waals surface area contributed by atoms with Crippen LogP contribution in [-0.2, 0) is 30.4 Å². The third-order valence-electron chi connectivity index (χ3n) is 5.65. The number of hydrogen-bond acceptors (Lipinski definition) is 9. The molecule has 0 aliphatic carbocycles. The average molecular weight is 556 g/mol. The number of carboxylic acid groups (broad SMARTS) is 5. The summed E-state index contributed by atoms with van der Waals surface area (Å²) in [7, 11) is 0. The first-order valence-electron chi connectivity index (χ1n) is 12.4.